The molecule has 0 aromatic rings. The molecule has 0 aliphatic heterocycles. The molecule has 4 heavy (non-hydrogen) atoms. The first-order chi connectivity index (χ1) is 0. The Hall–Kier alpha value is 5.01. The Morgan fingerprint density at radius 2 is 1.00 bits per heavy atom. The van der Waals surface area contributed by atoms with Gasteiger partial charge in [-0.3, -0.25) is 0 Å². The van der Waals surface area contributed by atoms with Crippen LogP contribution < -0.4 is 0 Å². The number of hydrogen-bond donors (Lipinski definition) is 0. The average Bonchev–Trinajstić information content (AvgIpc) is 0. The molecule has 0 saturated carbocycles. The van der Waals surface area contributed by atoms with Gasteiger partial charge < -0.3 is 0 Å². The number of hydrogen-bond acceptors (Lipinski definition) is 0. The summed E-state index contributed by atoms with van der Waals surface area (Å²) >= 11 is 0. The molecule has 0 saturated heterocycles. The quantitative estimate of drug-likeness (QED) is 0.424. The topological polar surface area (TPSA) is 0 Å². The van der Waals surface area contributed by atoms with Crippen molar-refractivity contribution < 1.29 is 150 Å². The van der Waals surface area contributed by atoms with E-state index in [9.17, 15) is 0 Å². The van der Waals surface area contributed by atoms with E-state index in [0.29, 0.717) is 0 Å². The summed E-state index contributed by atoms with van der Waals surface area (Å²) in [4.78, 5) is 0. The second kappa shape index (κ2) is 15.7. The summed E-state index contributed by atoms with van der Waals surface area (Å²) in [5.41, 5.74) is 0. The van der Waals surface area contributed by atoms with Crippen LogP contribution in [-0.4, -0.2) is 0 Å². The third kappa shape index (κ3) is 10.1. The van der Waals surface area contributed by atoms with Crippen LogP contribution in [0.15, 0.2) is 0 Å². The van der Waals surface area contributed by atoms with Crippen molar-refractivity contribution in [3.8, 4) is 0 Å². The summed E-state index contributed by atoms with van der Waals surface area (Å²) in [7, 11) is 0. The Morgan fingerprint density at radius 1 is 1.00 bits per heavy atom. The van der Waals surface area contributed by atoms with Gasteiger partial charge in [-0.1, -0.05) is 0 Å². The molecule has 0 nitrogen and oxygen atoms in total. The van der Waals surface area contributed by atoms with Gasteiger partial charge in [0.2, 0.25) is 0 Å². The van der Waals surface area contributed by atoms with Crippen LogP contribution in [0.5, 0.6) is 0 Å². The summed E-state index contributed by atoms with van der Waals surface area (Å²) in [6.45, 7) is 0. The van der Waals surface area contributed by atoms with E-state index >= 15 is 0 Å². The van der Waals surface area contributed by atoms with Gasteiger partial charge in [0.05, 0.1) is 0 Å². The Bertz CT molecular complexity index is 8.00. The van der Waals surface area contributed by atoms with Crippen LogP contribution in [0.3, 0.4) is 0 Å². The van der Waals surface area contributed by atoms with Gasteiger partial charge in [0, 0.05) is 150 Å². The molecule has 16 valence electrons. The molecule has 2 radical (unpaired) electrons. The molecule has 0 rings (SSSR count). The SMILES string of the molecule is [Ce].[La].[Sm].[Y]. The first kappa shape index (κ1) is 23.0. The molecule has 0 fully saturated rings. The zero-order valence-corrected chi connectivity index (χ0v) is 14.3. The van der Waals surface area contributed by atoms with Gasteiger partial charge in [0.15, 0.2) is 0 Å². The minimum absolute atomic E-state index is 0. The van der Waals surface area contributed by atoms with Crippen LogP contribution in [-0.2, 0) is 32.7 Å². The average molecular weight is 518 g/mol. The van der Waals surface area contributed by atoms with Gasteiger partial charge in [-0.25, -0.2) is 0 Å². The predicted octanol–water partition coefficient (Wildman–Crippen LogP) is -0.00250. The second-order valence-corrected chi connectivity index (χ2v) is 0. The minimum Gasteiger partial charge on any atom is 0 e. The third-order valence-corrected chi connectivity index (χ3v) is 0. The molecular formula is CeLaSmY. The van der Waals surface area contributed by atoms with Gasteiger partial charge in [-0.2, -0.15) is 0 Å². The van der Waals surface area contributed by atoms with Crippen molar-refractivity contribution in [1.82, 2.24) is 0 Å². The van der Waals surface area contributed by atoms with Gasteiger partial charge in [0.1, 0.15) is 0 Å². The van der Waals surface area contributed by atoms with E-state index in [1.165, 1.54) is 0 Å². The van der Waals surface area contributed by atoms with Gasteiger partial charge in [-0.05, 0) is 0 Å². The van der Waals surface area contributed by atoms with Crippen molar-refractivity contribution in [2.24, 2.45) is 0 Å². The zero-order valence-electron chi connectivity index (χ0n) is 2.06. The maximum Gasteiger partial charge on any atom is 0 e. The standard InChI is InChI=1S/Ce.La.Sm.Y. The third-order valence-electron chi connectivity index (χ3n) is 0. The summed E-state index contributed by atoms with van der Waals surface area (Å²) < 4.78 is 0. The predicted molar refractivity (Wildman–Crippen MR) is 0 cm³/mol. The Morgan fingerprint density at radius 3 is 1.00 bits per heavy atom. The van der Waals surface area contributed by atoms with E-state index in [1.54, 1.807) is 0 Å². The maximum atomic E-state index is 0. The monoisotopic (exact) mass is 520 g/mol. The van der Waals surface area contributed by atoms with Crippen LogP contribution in [0.25, 0.3) is 0 Å². The van der Waals surface area contributed by atoms with E-state index < -0.39 is 0 Å². The zero-order chi connectivity index (χ0) is 0. The maximum absolute atomic E-state index is 0. The van der Waals surface area contributed by atoms with E-state index in [4.69, 9.17) is 0 Å². The normalized spacial score (nSPS) is 0. The van der Waals surface area contributed by atoms with Crippen molar-refractivity contribution >= 4 is 0 Å². The summed E-state index contributed by atoms with van der Waals surface area (Å²) in [6.07, 6.45) is 0. The first-order valence-electron chi connectivity index (χ1n) is 0. The van der Waals surface area contributed by atoms with E-state index in [0.717, 1.165) is 0 Å². The number of rotatable bonds is 0. The van der Waals surface area contributed by atoms with Crippen LogP contribution in [0.1, 0.15) is 0 Å². The van der Waals surface area contributed by atoms with Gasteiger partial charge in [0.25, 0.3) is 0 Å². The van der Waals surface area contributed by atoms with Crippen molar-refractivity contribution in [2.45, 2.75) is 0 Å². The molecule has 0 atom stereocenters. The molecule has 0 aliphatic rings. The molecule has 0 aromatic heterocycles. The molecule has 0 bridgehead atoms. The molecule has 0 heterocycles. The second-order valence-electron chi connectivity index (χ2n) is 0. The molecule has 0 spiro atoms. The molecule has 0 aromatic carbocycles. The van der Waals surface area contributed by atoms with Crippen LogP contribution >= 0.6 is 0 Å². The summed E-state index contributed by atoms with van der Waals surface area (Å²) in [6, 6.07) is 0. The molecule has 0 unspecified atom stereocenters. The smallest absolute Gasteiger partial charge is 0 e. The Balaban J connectivity index is 0. The van der Waals surface area contributed by atoms with Crippen molar-refractivity contribution in [3.05, 3.63) is 0 Å². The van der Waals surface area contributed by atoms with Crippen molar-refractivity contribution in [2.75, 3.05) is 0 Å². The van der Waals surface area contributed by atoms with Crippen LogP contribution in [0.2, 0.25) is 0 Å². The minimum atomic E-state index is 0. The van der Waals surface area contributed by atoms with E-state index in [2.05, 4.69) is 0 Å². The Kier molecular flexibility index (Phi) is 90.3. The fraction of sp³-hybridized carbons (Fsp3) is 0. The van der Waals surface area contributed by atoms with Gasteiger partial charge >= 0.3 is 0 Å². The molecular weight excluding hydrogens is 518 g/mol. The fourth-order valence-corrected chi connectivity index (χ4v) is 0. The Labute approximate surface area is 145 Å². The van der Waals surface area contributed by atoms with Crippen molar-refractivity contribution in [1.29, 1.82) is 0 Å². The molecule has 0 amide bonds. The van der Waals surface area contributed by atoms with E-state index in [1.807, 2.05) is 0 Å². The summed E-state index contributed by atoms with van der Waals surface area (Å²) in [5.74, 6) is 0. The molecule has 0 N–H and O–H groups in total. The largest absolute Gasteiger partial charge is 0 e. The van der Waals surface area contributed by atoms with Gasteiger partial charge in [-0.15, -0.1) is 0 Å². The van der Waals surface area contributed by atoms with Crippen LogP contribution in [0.4, 0.5) is 0 Å². The fourth-order valence-electron chi connectivity index (χ4n) is 0. The van der Waals surface area contributed by atoms with Crippen molar-refractivity contribution in [3.63, 3.8) is 0 Å². The molecule has 0 aliphatic carbocycles. The van der Waals surface area contributed by atoms with E-state index in [-0.39, 0.29) is 150 Å². The summed E-state index contributed by atoms with van der Waals surface area (Å²) in [5, 5.41) is 0. The molecule has 4 heteroatoms. The van der Waals surface area contributed by atoms with Crippen LogP contribution in [0, 0.1) is 118 Å². The first-order valence-corrected chi connectivity index (χ1v) is 0.